The number of nitro groups is 1. The molecule has 0 aliphatic heterocycles. The van der Waals surface area contributed by atoms with Gasteiger partial charge in [0.05, 0.1) is 4.92 Å². The zero-order valence-corrected chi connectivity index (χ0v) is 10.2. The standard InChI is InChI=1S/C8H8N8O2S/c9-3-1-4(10)15-8(14-3)19-7-5(16(17)18)6(11)12-2-13-7/h1-2H,(H2,11,12,13)(H4,9,10,14,15). The maximum atomic E-state index is 10.9. The van der Waals surface area contributed by atoms with Crippen molar-refractivity contribution in [3.05, 3.63) is 22.5 Å². The van der Waals surface area contributed by atoms with Crippen molar-refractivity contribution in [2.75, 3.05) is 17.2 Å². The van der Waals surface area contributed by atoms with Gasteiger partial charge in [-0.3, -0.25) is 10.1 Å². The molecule has 0 aliphatic carbocycles. The molecule has 0 aromatic carbocycles. The summed E-state index contributed by atoms with van der Waals surface area (Å²) in [5.41, 5.74) is 16.0. The molecule has 0 unspecified atom stereocenters. The molecule has 0 saturated heterocycles. The van der Waals surface area contributed by atoms with Crippen LogP contribution in [0.4, 0.5) is 23.1 Å². The summed E-state index contributed by atoms with van der Waals surface area (Å²) in [6.45, 7) is 0. The van der Waals surface area contributed by atoms with Crippen molar-refractivity contribution in [3.8, 4) is 0 Å². The second-order valence-electron chi connectivity index (χ2n) is 3.27. The first-order chi connectivity index (χ1) is 8.97. The van der Waals surface area contributed by atoms with Gasteiger partial charge in [0.2, 0.25) is 5.82 Å². The van der Waals surface area contributed by atoms with Gasteiger partial charge < -0.3 is 17.2 Å². The minimum absolute atomic E-state index is 0.0162. The van der Waals surface area contributed by atoms with Gasteiger partial charge in [0.15, 0.2) is 10.2 Å². The van der Waals surface area contributed by atoms with Crippen molar-refractivity contribution in [1.82, 2.24) is 19.9 Å². The zero-order chi connectivity index (χ0) is 14.0. The van der Waals surface area contributed by atoms with Crippen LogP contribution in [0.25, 0.3) is 0 Å². The molecular weight excluding hydrogens is 272 g/mol. The van der Waals surface area contributed by atoms with E-state index in [0.29, 0.717) is 0 Å². The van der Waals surface area contributed by atoms with Gasteiger partial charge in [0, 0.05) is 6.07 Å². The Bertz CT molecular complexity index is 628. The van der Waals surface area contributed by atoms with Gasteiger partial charge in [-0.2, -0.15) is 0 Å². The van der Waals surface area contributed by atoms with E-state index in [2.05, 4.69) is 19.9 Å². The molecule has 11 heteroatoms. The van der Waals surface area contributed by atoms with E-state index < -0.39 is 10.6 Å². The van der Waals surface area contributed by atoms with Crippen molar-refractivity contribution >= 4 is 34.9 Å². The Balaban J connectivity index is 2.43. The number of nitrogen functional groups attached to an aromatic ring is 3. The Kier molecular flexibility index (Phi) is 3.29. The van der Waals surface area contributed by atoms with E-state index in [1.807, 2.05) is 0 Å². The Morgan fingerprint density at radius 3 is 2.37 bits per heavy atom. The van der Waals surface area contributed by atoms with Crippen molar-refractivity contribution in [2.45, 2.75) is 10.2 Å². The predicted octanol–water partition coefficient (Wildman–Crippen LogP) is 0.0726. The summed E-state index contributed by atoms with van der Waals surface area (Å²) >= 11 is 0.830. The quantitative estimate of drug-likeness (QED) is 0.302. The van der Waals surface area contributed by atoms with Crippen LogP contribution in [0, 0.1) is 10.1 Å². The fraction of sp³-hybridized carbons (Fsp3) is 0. The van der Waals surface area contributed by atoms with Gasteiger partial charge in [-0.15, -0.1) is 0 Å². The summed E-state index contributed by atoms with van der Waals surface area (Å²) in [4.78, 5) is 25.3. The Morgan fingerprint density at radius 2 is 1.79 bits per heavy atom. The lowest BCUT2D eigenvalue weighted by atomic mass is 10.5. The molecule has 10 nitrogen and oxygen atoms in total. The third-order valence-electron chi connectivity index (χ3n) is 1.93. The van der Waals surface area contributed by atoms with E-state index in [-0.39, 0.29) is 27.6 Å². The first kappa shape index (κ1) is 12.8. The molecule has 0 radical (unpaired) electrons. The van der Waals surface area contributed by atoms with Gasteiger partial charge in [-0.25, -0.2) is 19.9 Å². The molecule has 2 rings (SSSR count). The van der Waals surface area contributed by atoms with Crippen LogP contribution in [0.1, 0.15) is 0 Å². The minimum atomic E-state index is -0.673. The molecule has 2 aromatic heterocycles. The van der Waals surface area contributed by atoms with Crippen LogP contribution in [0.2, 0.25) is 0 Å². The van der Waals surface area contributed by atoms with Crippen LogP contribution in [-0.4, -0.2) is 24.9 Å². The topological polar surface area (TPSA) is 173 Å². The summed E-state index contributed by atoms with van der Waals surface area (Å²) in [6, 6.07) is 1.37. The highest BCUT2D eigenvalue weighted by Crippen LogP contribution is 2.34. The number of anilines is 3. The Hall–Kier alpha value is -2.69. The van der Waals surface area contributed by atoms with E-state index in [0.717, 1.165) is 18.1 Å². The average Bonchev–Trinajstić information content (AvgIpc) is 2.26. The van der Waals surface area contributed by atoms with Crippen molar-refractivity contribution < 1.29 is 4.92 Å². The van der Waals surface area contributed by atoms with E-state index in [1.165, 1.54) is 6.07 Å². The Labute approximate surface area is 110 Å². The molecule has 6 N–H and O–H groups in total. The summed E-state index contributed by atoms with van der Waals surface area (Å²) in [7, 11) is 0. The fourth-order valence-corrected chi connectivity index (χ4v) is 2.07. The second-order valence-corrected chi connectivity index (χ2v) is 4.23. The maximum Gasteiger partial charge on any atom is 0.343 e. The van der Waals surface area contributed by atoms with Crippen molar-refractivity contribution in [1.29, 1.82) is 0 Å². The molecule has 2 heterocycles. The molecule has 0 amide bonds. The first-order valence-electron chi connectivity index (χ1n) is 4.80. The highest BCUT2D eigenvalue weighted by atomic mass is 32.2. The zero-order valence-electron chi connectivity index (χ0n) is 9.35. The lowest BCUT2D eigenvalue weighted by Gasteiger charge is -2.03. The number of hydrogen-bond acceptors (Lipinski definition) is 10. The molecule has 2 aromatic rings. The van der Waals surface area contributed by atoms with E-state index in [1.54, 1.807) is 0 Å². The average molecular weight is 280 g/mol. The Morgan fingerprint density at radius 1 is 1.16 bits per heavy atom. The molecule has 0 bridgehead atoms. The number of hydrogen-bond donors (Lipinski definition) is 3. The molecule has 0 spiro atoms. The van der Waals surface area contributed by atoms with Crippen LogP contribution in [0.3, 0.4) is 0 Å². The van der Waals surface area contributed by atoms with Crippen LogP contribution in [-0.2, 0) is 0 Å². The lowest BCUT2D eigenvalue weighted by Crippen LogP contribution is -2.03. The normalized spacial score (nSPS) is 10.3. The van der Waals surface area contributed by atoms with E-state index in [4.69, 9.17) is 17.2 Å². The van der Waals surface area contributed by atoms with Crippen LogP contribution in [0.15, 0.2) is 22.6 Å². The summed E-state index contributed by atoms with van der Waals surface area (Å²) in [5.74, 6) is 0.0683. The molecule has 0 aliphatic rings. The van der Waals surface area contributed by atoms with Gasteiger partial charge in [0.25, 0.3) is 0 Å². The van der Waals surface area contributed by atoms with Gasteiger partial charge >= 0.3 is 5.69 Å². The molecule has 0 saturated carbocycles. The second kappa shape index (κ2) is 4.89. The van der Waals surface area contributed by atoms with Gasteiger partial charge in [0.1, 0.15) is 18.0 Å². The third kappa shape index (κ3) is 2.77. The first-order valence-corrected chi connectivity index (χ1v) is 5.61. The van der Waals surface area contributed by atoms with E-state index >= 15 is 0 Å². The smallest absolute Gasteiger partial charge is 0.343 e. The van der Waals surface area contributed by atoms with Crippen molar-refractivity contribution in [2.24, 2.45) is 0 Å². The summed E-state index contributed by atoms with van der Waals surface area (Å²) in [5, 5.41) is 11.1. The summed E-state index contributed by atoms with van der Waals surface area (Å²) in [6.07, 6.45) is 1.11. The highest BCUT2D eigenvalue weighted by molar-refractivity contribution is 7.99. The van der Waals surface area contributed by atoms with Crippen LogP contribution < -0.4 is 17.2 Å². The number of nitrogens with zero attached hydrogens (tertiary/aromatic N) is 5. The largest absolute Gasteiger partial charge is 0.383 e. The predicted molar refractivity (Wildman–Crippen MR) is 68.1 cm³/mol. The maximum absolute atomic E-state index is 10.9. The fourth-order valence-electron chi connectivity index (χ4n) is 1.22. The van der Waals surface area contributed by atoms with Crippen molar-refractivity contribution in [3.63, 3.8) is 0 Å². The SMILES string of the molecule is Nc1cc(N)nc(Sc2ncnc(N)c2[N+](=O)[O-])n1. The highest BCUT2D eigenvalue weighted by Gasteiger charge is 2.22. The van der Waals surface area contributed by atoms with Gasteiger partial charge in [-0.05, 0) is 11.8 Å². The molecule has 19 heavy (non-hydrogen) atoms. The minimum Gasteiger partial charge on any atom is -0.383 e. The number of rotatable bonds is 3. The molecule has 98 valence electrons. The van der Waals surface area contributed by atoms with Crippen LogP contribution >= 0.6 is 11.8 Å². The lowest BCUT2D eigenvalue weighted by molar-refractivity contribution is -0.387. The number of aromatic nitrogens is 4. The monoisotopic (exact) mass is 280 g/mol. The van der Waals surface area contributed by atoms with E-state index in [9.17, 15) is 10.1 Å². The number of nitrogens with two attached hydrogens (primary N) is 3. The third-order valence-corrected chi connectivity index (χ3v) is 2.79. The molecule has 0 atom stereocenters. The van der Waals surface area contributed by atoms with Crippen LogP contribution in [0.5, 0.6) is 0 Å². The molecular formula is C8H8N8O2S. The summed E-state index contributed by atoms with van der Waals surface area (Å²) < 4.78 is 0. The molecule has 0 fully saturated rings. The van der Waals surface area contributed by atoms with Gasteiger partial charge in [-0.1, -0.05) is 0 Å².